The number of azo groups is 1. The lowest BCUT2D eigenvalue weighted by Gasteiger charge is -2.27. The first kappa shape index (κ1) is 52.1. The van der Waals surface area contributed by atoms with Crippen LogP contribution in [0.3, 0.4) is 0 Å². The summed E-state index contributed by atoms with van der Waals surface area (Å²) >= 11 is 0. The van der Waals surface area contributed by atoms with E-state index in [-0.39, 0.29) is 73.3 Å². The van der Waals surface area contributed by atoms with Gasteiger partial charge in [0, 0.05) is 25.7 Å². The Bertz CT molecular complexity index is 2410. The summed E-state index contributed by atoms with van der Waals surface area (Å²) in [4.78, 5) is 99.1. The molecule has 1 saturated heterocycles. The second kappa shape index (κ2) is 25.2. The average molecular weight is 951 g/mol. The summed E-state index contributed by atoms with van der Waals surface area (Å²) < 4.78 is 38.4. The standard InChI is InChI=1S/C42H54N12O12S/c1-24(2)36-41(62)52-30(40(61)51-31(20-35(56)57)38(59)48-23-34(55)50-29(39(60)53-36)8-5-16-46-42(43)44)19-25-10-13-28(14-11-25)66-18-6-17-45-37(58)27-12-15-33(47-21-27)54-49-22-26-7-3-4-9-32(26)67(63,64)65/h3-4,7,9-15,21,24,29-31,36H,5-6,8,16-20,22-23H2,1-2H3,(H,45,58)(H,48,59)(H,50,55)(H,51,61)(H,52,62)(H,53,60)(H,56,57)(H4,43,44,46)(H,63,64,65)/t29?,30-,31-,36?/m1/s1. The molecule has 0 aliphatic carbocycles. The predicted molar refractivity (Wildman–Crippen MR) is 239 cm³/mol. The van der Waals surface area contributed by atoms with Crippen LogP contribution >= 0.6 is 0 Å². The highest BCUT2D eigenvalue weighted by Crippen LogP contribution is 2.18. The van der Waals surface area contributed by atoms with Gasteiger partial charge in [-0.2, -0.15) is 13.5 Å². The van der Waals surface area contributed by atoms with E-state index in [1.807, 2.05) is 0 Å². The normalized spacial score (nSPS) is 18.6. The van der Waals surface area contributed by atoms with Gasteiger partial charge in [0.2, 0.25) is 29.5 Å². The van der Waals surface area contributed by atoms with Crippen molar-refractivity contribution in [2.75, 3.05) is 26.2 Å². The molecular weight excluding hydrogens is 897 g/mol. The lowest BCUT2D eigenvalue weighted by Crippen LogP contribution is -2.59. The zero-order chi connectivity index (χ0) is 49.1. The number of nitrogens with two attached hydrogens (primary N) is 2. The Morgan fingerprint density at radius 1 is 0.881 bits per heavy atom. The van der Waals surface area contributed by atoms with Crippen LogP contribution in [0.1, 0.15) is 61.0 Å². The number of aromatic nitrogens is 1. The first-order valence-corrected chi connectivity index (χ1v) is 22.4. The Morgan fingerprint density at radius 2 is 1.58 bits per heavy atom. The van der Waals surface area contributed by atoms with E-state index < -0.39 is 94.6 Å². The number of ether oxygens (including phenoxy) is 1. The number of carbonyl (C=O) groups excluding carboxylic acids is 6. The van der Waals surface area contributed by atoms with E-state index in [9.17, 15) is 51.6 Å². The van der Waals surface area contributed by atoms with Crippen LogP contribution in [0.2, 0.25) is 0 Å². The number of carboxylic acid groups (broad SMARTS) is 1. The third kappa shape index (κ3) is 17.4. The second-order valence-electron chi connectivity index (χ2n) is 15.4. The largest absolute Gasteiger partial charge is 0.494 e. The Morgan fingerprint density at radius 3 is 2.24 bits per heavy atom. The maximum absolute atomic E-state index is 13.8. The zero-order valence-electron chi connectivity index (χ0n) is 36.6. The van der Waals surface area contributed by atoms with Crippen molar-refractivity contribution in [3.63, 3.8) is 0 Å². The van der Waals surface area contributed by atoms with Gasteiger partial charge in [0.15, 0.2) is 11.8 Å². The molecule has 0 spiro atoms. The molecule has 2 aromatic carbocycles. The van der Waals surface area contributed by atoms with Crippen molar-refractivity contribution in [1.29, 1.82) is 0 Å². The monoisotopic (exact) mass is 950 g/mol. The summed E-state index contributed by atoms with van der Waals surface area (Å²) in [6, 6.07) is 9.87. The summed E-state index contributed by atoms with van der Waals surface area (Å²) in [7, 11) is -4.43. The summed E-state index contributed by atoms with van der Waals surface area (Å²) in [6.07, 6.45) is 1.03. The number of amides is 6. The van der Waals surface area contributed by atoms with Gasteiger partial charge in [-0.15, -0.1) is 5.11 Å². The summed E-state index contributed by atoms with van der Waals surface area (Å²) in [6.45, 7) is 3.11. The van der Waals surface area contributed by atoms with E-state index >= 15 is 0 Å². The van der Waals surface area contributed by atoms with Crippen LogP contribution in [0.25, 0.3) is 0 Å². The molecule has 24 nitrogen and oxygen atoms in total. The lowest BCUT2D eigenvalue weighted by molar-refractivity contribution is -0.141. The average Bonchev–Trinajstić information content (AvgIpc) is 3.27. The Hall–Kier alpha value is -7.54. The van der Waals surface area contributed by atoms with Gasteiger partial charge in [-0.1, -0.05) is 44.2 Å². The number of benzene rings is 2. The third-order valence-electron chi connectivity index (χ3n) is 9.83. The predicted octanol–water partition coefficient (Wildman–Crippen LogP) is -0.393. The number of nitrogens with zero attached hydrogens (tertiary/aromatic N) is 4. The fraction of sp³-hybridized carbons (Fsp3) is 0.405. The maximum Gasteiger partial charge on any atom is 0.305 e. The van der Waals surface area contributed by atoms with E-state index in [1.54, 1.807) is 44.2 Å². The van der Waals surface area contributed by atoms with Crippen LogP contribution < -0.4 is 48.1 Å². The van der Waals surface area contributed by atoms with Crippen LogP contribution in [0.5, 0.6) is 5.75 Å². The molecule has 1 aliphatic heterocycles. The van der Waals surface area contributed by atoms with Crippen molar-refractivity contribution in [3.05, 3.63) is 83.6 Å². The fourth-order valence-corrected chi connectivity index (χ4v) is 7.11. The molecule has 1 aromatic heterocycles. The van der Waals surface area contributed by atoms with Gasteiger partial charge < -0.3 is 53.2 Å². The molecule has 4 rings (SSSR count). The van der Waals surface area contributed by atoms with E-state index in [0.717, 1.165) is 0 Å². The SMILES string of the molecule is CC(C)C1NC(=O)C(CCCN=C(N)N)NC(=O)CNC(=O)[C@@H](CC(=O)O)NC(=O)[C@@H](Cc2ccc(OCCCNC(=O)c3ccc(N=NCc4ccccc4S(=O)(=O)O)nc3)cc2)NC1=O. The Labute approximate surface area is 385 Å². The van der Waals surface area contributed by atoms with Crippen LogP contribution in [-0.2, 0) is 51.9 Å². The molecule has 0 radical (unpaired) electrons. The van der Waals surface area contributed by atoms with Gasteiger partial charge in [0.1, 0.15) is 29.9 Å². The van der Waals surface area contributed by atoms with Crippen LogP contribution in [-0.4, -0.2) is 121 Å². The van der Waals surface area contributed by atoms with E-state index in [0.29, 0.717) is 17.7 Å². The summed E-state index contributed by atoms with van der Waals surface area (Å²) in [5.41, 5.74) is 11.8. The van der Waals surface area contributed by atoms with Crippen molar-refractivity contribution < 1.29 is 56.4 Å². The molecule has 6 amide bonds. The van der Waals surface area contributed by atoms with E-state index in [4.69, 9.17) is 16.2 Å². The molecule has 67 heavy (non-hydrogen) atoms. The number of carboxylic acids is 1. The molecule has 4 atom stereocenters. The molecule has 12 N–H and O–H groups in total. The van der Waals surface area contributed by atoms with E-state index in [2.05, 4.69) is 52.1 Å². The quantitative estimate of drug-likeness (QED) is 0.0240. The number of hydrogen-bond acceptors (Lipinski definition) is 14. The van der Waals surface area contributed by atoms with Crippen molar-refractivity contribution in [3.8, 4) is 5.75 Å². The molecule has 360 valence electrons. The number of guanidine groups is 1. The van der Waals surface area contributed by atoms with Gasteiger partial charge in [-0.05, 0) is 66.6 Å². The van der Waals surface area contributed by atoms with Crippen LogP contribution in [0.4, 0.5) is 5.82 Å². The minimum Gasteiger partial charge on any atom is -0.494 e. The number of pyridine rings is 1. The van der Waals surface area contributed by atoms with E-state index in [1.165, 1.54) is 36.5 Å². The number of nitrogens with one attached hydrogen (secondary N) is 6. The fourth-order valence-electron chi connectivity index (χ4n) is 6.40. The lowest BCUT2D eigenvalue weighted by atomic mass is 9.99. The minimum absolute atomic E-state index is 0.0472. The Balaban J connectivity index is 1.36. The molecule has 3 aromatic rings. The van der Waals surface area contributed by atoms with Crippen molar-refractivity contribution in [1.82, 2.24) is 36.9 Å². The summed E-state index contributed by atoms with van der Waals surface area (Å²) in [5.74, 6) is -6.07. The molecule has 0 bridgehead atoms. The smallest absolute Gasteiger partial charge is 0.305 e. The summed E-state index contributed by atoms with van der Waals surface area (Å²) in [5, 5.41) is 32.6. The van der Waals surface area contributed by atoms with Gasteiger partial charge in [0.05, 0.1) is 36.6 Å². The van der Waals surface area contributed by atoms with Crippen molar-refractivity contribution >= 4 is 63.3 Å². The molecular formula is C42H54N12O12S. The molecule has 25 heteroatoms. The molecule has 2 heterocycles. The number of rotatable bonds is 19. The van der Waals surface area contributed by atoms with Gasteiger partial charge in [-0.3, -0.25) is 43.1 Å². The zero-order valence-corrected chi connectivity index (χ0v) is 37.5. The topological polar surface area (TPSA) is 378 Å². The first-order chi connectivity index (χ1) is 31.8. The van der Waals surface area contributed by atoms with Crippen LogP contribution in [0, 0.1) is 5.92 Å². The number of aliphatic carboxylic acids is 1. The maximum atomic E-state index is 13.8. The highest BCUT2D eigenvalue weighted by molar-refractivity contribution is 7.85. The molecule has 2 unspecified atom stereocenters. The number of carbonyl (C=O) groups is 7. The molecule has 1 fully saturated rings. The van der Waals surface area contributed by atoms with Gasteiger partial charge in [0.25, 0.3) is 16.0 Å². The third-order valence-corrected chi connectivity index (χ3v) is 10.8. The van der Waals surface area contributed by atoms with Crippen molar-refractivity contribution in [2.24, 2.45) is 32.6 Å². The number of hydrogen-bond donors (Lipinski definition) is 10. The van der Waals surface area contributed by atoms with Crippen LogP contribution in [0.15, 0.2) is 87.0 Å². The van der Waals surface area contributed by atoms with Crippen molar-refractivity contribution in [2.45, 2.75) is 81.6 Å². The highest BCUT2D eigenvalue weighted by Gasteiger charge is 2.34. The Kier molecular flexibility index (Phi) is 19.6. The molecule has 0 saturated carbocycles. The highest BCUT2D eigenvalue weighted by atomic mass is 32.2. The van der Waals surface area contributed by atoms with Gasteiger partial charge >= 0.3 is 5.97 Å². The van der Waals surface area contributed by atoms with Gasteiger partial charge in [-0.25, -0.2) is 4.98 Å². The molecule has 1 aliphatic rings. The first-order valence-electron chi connectivity index (χ1n) is 20.9. The minimum atomic E-state index is -4.43. The second-order valence-corrected chi connectivity index (χ2v) is 16.8. The number of aliphatic imine (C=N–C) groups is 1.